The number of benzene rings is 1. The van der Waals surface area contributed by atoms with E-state index >= 15 is 0 Å². The van der Waals surface area contributed by atoms with Crippen molar-refractivity contribution in [3.05, 3.63) is 30.0 Å². The van der Waals surface area contributed by atoms with Gasteiger partial charge in [0.05, 0.1) is 13.7 Å². The molecule has 0 saturated carbocycles. The summed E-state index contributed by atoms with van der Waals surface area (Å²) in [7, 11) is 3.28. The highest BCUT2D eigenvalue weighted by Gasteiger charge is 2.08. The standard InChI is InChI=1S/C13H15NO3/c1-16-6-5-14-8-10(9-15)12-7-11(17-2)3-4-13(12)14/h3-4,7-9H,5-6H2,1-2H3. The second-order valence-corrected chi connectivity index (χ2v) is 3.77. The van der Waals surface area contributed by atoms with Crippen LogP contribution in [-0.2, 0) is 11.3 Å². The van der Waals surface area contributed by atoms with E-state index in [9.17, 15) is 4.79 Å². The number of aldehydes is 1. The predicted molar refractivity (Wildman–Crippen MR) is 65.8 cm³/mol. The molecule has 0 N–H and O–H groups in total. The van der Waals surface area contributed by atoms with E-state index in [1.165, 1.54) is 0 Å². The van der Waals surface area contributed by atoms with E-state index in [-0.39, 0.29) is 0 Å². The molecule has 0 spiro atoms. The monoisotopic (exact) mass is 233 g/mol. The Labute approximate surface area is 99.7 Å². The van der Waals surface area contributed by atoms with Gasteiger partial charge >= 0.3 is 0 Å². The van der Waals surface area contributed by atoms with Crippen LogP contribution in [0.4, 0.5) is 0 Å². The number of fused-ring (bicyclic) bond motifs is 1. The van der Waals surface area contributed by atoms with Crippen LogP contribution < -0.4 is 4.74 Å². The lowest BCUT2D eigenvalue weighted by Gasteiger charge is -2.04. The highest BCUT2D eigenvalue weighted by molar-refractivity contribution is 5.98. The summed E-state index contributed by atoms with van der Waals surface area (Å²) in [5, 5.41) is 0.912. The lowest BCUT2D eigenvalue weighted by Crippen LogP contribution is -2.02. The zero-order valence-electron chi connectivity index (χ0n) is 9.97. The van der Waals surface area contributed by atoms with Gasteiger partial charge in [0.2, 0.25) is 0 Å². The number of hydrogen-bond acceptors (Lipinski definition) is 3. The second kappa shape index (κ2) is 5.01. The molecule has 0 atom stereocenters. The SMILES string of the molecule is COCCn1cc(C=O)c2cc(OC)ccc21. The highest BCUT2D eigenvalue weighted by Crippen LogP contribution is 2.25. The fraction of sp³-hybridized carbons (Fsp3) is 0.308. The van der Waals surface area contributed by atoms with Crippen molar-refractivity contribution in [3.63, 3.8) is 0 Å². The van der Waals surface area contributed by atoms with Gasteiger partial charge in [0.25, 0.3) is 0 Å². The van der Waals surface area contributed by atoms with E-state index in [2.05, 4.69) is 0 Å². The summed E-state index contributed by atoms with van der Waals surface area (Å²) in [6, 6.07) is 5.72. The van der Waals surface area contributed by atoms with Gasteiger partial charge < -0.3 is 14.0 Å². The molecule has 17 heavy (non-hydrogen) atoms. The molecule has 0 fully saturated rings. The third-order valence-corrected chi connectivity index (χ3v) is 2.78. The summed E-state index contributed by atoms with van der Waals surface area (Å²) < 4.78 is 12.2. The first kappa shape index (κ1) is 11.7. The summed E-state index contributed by atoms with van der Waals surface area (Å²) in [5.74, 6) is 0.755. The summed E-state index contributed by atoms with van der Waals surface area (Å²) in [6.07, 6.45) is 2.71. The molecule has 0 radical (unpaired) electrons. The van der Waals surface area contributed by atoms with Gasteiger partial charge in [0, 0.05) is 36.3 Å². The zero-order chi connectivity index (χ0) is 12.3. The molecule has 2 aromatic rings. The number of nitrogens with zero attached hydrogens (tertiary/aromatic N) is 1. The van der Waals surface area contributed by atoms with E-state index < -0.39 is 0 Å². The fourth-order valence-electron chi connectivity index (χ4n) is 1.90. The third-order valence-electron chi connectivity index (χ3n) is 2.78. The van der Waals surface area contributed by atoms with Crippen LogP contribution in [0.15, 0.2) is 24.4 Å². The first-order chi connectivity index (χ1) is 8.30. The molecule has 1 aromatic heterocycles. The average Bonchev–Trinajstić information content (AvgIpc) is 2.73. The van der Waals surface area contributed by atoms with Gasteiger partial charge in [-0.2, -0.15) is 0 Å². The van der Waals surface area contributed by atoms with Crippen LogP contribution in [0.3, 0.4) is 0 Å². The van der Waals surface area contributed by atoms with Crippen LogP contribution in [0.1, 0.15) is 10.4 Å². The van der Waals surface area contributed by atoms with Gasteiger partial charge in [-0.05, 0) is 18.2 Å². The second-order valence-electron chi connectivity index (χ2n) is 3.77. The van der Waals surface area contributed by atoms with Crippen LogP contribution >= 0.6 is 0 Å². The molecule has 0 amide bonds. The maximum absolute atomic E-state index is 11.0. The molecular weight excluding hydrogens is 218 g/mol. The van der Waals surface area contributed by atoms with Crippen molar-refractivity contribution >= 4 is 17.2 Å². The lowest BCUT2D eigenvalue weighted by molar-refractivity contribution is 0.112. The van der Waals surface area contributed by atoms with Crippen LogP contribution in [0.2, 0.25) is 0 Å². The Morgan fingerprint density at radius 3 is 2.82 bits per heavy atom. The lowest BCUT2D eigenvalue weighted by atomic mass is 10.2. The van der Waals surface area contributed by atoms with E-state index in [0.29, 0.717) is 12.2 Å². The Morgan fingerprint density at radius 1 is 1.35 bits per heavy atom. The van der Waals surface area contributed by atoms with Crippen molar-refractivity contribution in [2.45, 2.75) is 6.54 Å². The summed E-state index contributed by atoms with van der Waals surface area (Å²) >= 11 is 0. The number of ether oxygens (including phenoxy) is 2. The summed E-state index contributed by atoms with van der Waals surface area (Å²) in [5.41, 5.74) is 1.69. The van der Waals surface area contributed by atoms with Gasteiger partial charge in [0.1, 0.15) is 5.75 Å². The van der Waals surface area contributed by atoms with E-state index in [4.69, 9.17) is 9.47 Å². The van der Waals surface area contributed by atoms with Crippen LogP contribution in [0.25, 0.3) is 10.9 Å². The van der Waals surface area contributed by atoms with Gasteiger partial charge in [0.15, 0.2) is 6.29 Å². The summed E-state index contributed by atoms with van der Waals surface area (Å²) in [4.78, 5) is 11.0. The predicted octanol–water partition coefficient (Wildman–Crippen LogP) is 2.11. The molecule has 0 aliphatic rings. The maximum atomic E-state index is 11.0. The average molecular weight is 233 g/mol. The molecule has 1 aromatic carbocycles. The molecular formula is C13H15NO3. The minimum absolute atomic E-state index is 0.619. The van der Waals surface area contributed by atoms with Crippen LogP contribution in [0, 0.1) is 0 Å². The topological polar surface area (TPSA) is 40.5 Å². The Kier molecular flexibility index (Phi) is 3.44. The molecule has 0 aliphatic carbocycles. The highest BCUT2D eigenvalue weighted by atomic mass is 16.5. The molecule has 0 aliphatic heterocycles. The number of hydrogen-bond donors (Lipinski definition) is 0. The van der Waals surface area contributed by atoms with Crippen molar-refractivity contribution in [2.24, 2.45) is 0 Å². The van der Waals surface area contributed by atoms with E-state index in [0.717, 1.165) is 29.5 Å². The van der Waals surface area contributed by atoms with E-state index in [1.807, 2.05) is 29.0 Å². The van der Waals surface area contributed by atoms with Crippen LogP contribution in [-0.4, -0.2) is 31.7 Å². The number of carbonyl (C=O) groups is 1. The minimum Gasteiger partial charge on any atom is -0.497 e. The van der Waals surface area contributed by atoms with Gasteiger partial charge in [-0.1, -0.05) is 0 Å². The van der Waals surface area contributed by atoms with Gasteiger partial charge in [-0.15, -0.1) is 0 Å². The molecule has 0 unspecified atom stereocenters. The molecule has 90 valence electrons. The van der Waals surface area contributed by atoms with Crippen molar-refractivity contribution < 1.29 is 14.3 Å². The number of carbonyl (C=O) groups excluding carboxylic acids is 1. The Morgan fingerprint density at radius 2 is 2.18 bits per heavy atom. The zero-order valence-corrected chi connectivity index (χ0v) is 9.97. The van der Waals surface area contributed by atoms with Crippen molar-refractivity contribution in [3.8, 4) is 5.75 Å². The Bertz CT molecular complexity index is 531. The quantitative estimate of drug-likeness (QED) is 0.742. The molecule has 1 heterocycles. The van der Waals surface area contributed by atoms with Gasteiger partial charge in [-0.3, -0.25) is 4.79 Å². The number of aromatic nitrogens is 1. The molecule has 0 saturated heterocycles. The fourth-order valence-corrected chi connectivity index (χ4v) is 1.90. The first-order valence-electron chi connectivity index (χ1n) is 5.41. The Balaban J connectivity index is 2.52. The molecule has 2 rings (SSSR count). The van der Waals surface area contributed by atoms with Crippen LogP contribution in [0.5, 0.6) is 5.75 Å². The smallest absolute Gasteiger partial charge is 0.152 e. The Hall–Kier alpha value is -1.81. The molecule has 4 nitrogen and oxygen atoms in total. The van der Waals surface area contributed by atoms with Crippen molar-refractivity contribution in [2.75, 3.05) is 20.8 Å². The largest absolute Gasteiger partial charge is 0.497 e. The van der Waals surface area contributed by atoms with Crippen molar-refractivity contribution in [1.29, 1.82) is 0 Å². The molecule has 0 bridgehead atoms. The minimum atomic E-state index is 0.619. The number of rotatable bonds is 5. The van der Waals surface area contributed by atoms with E-state index in [1.54, 1.807) is 14.2 Å². The number of methoxy groups -OCH3 is 2. The normalized spacial score (nSPS) is 10.7. The first-order valence-corrected chi connectivity index (χ1v) is 5.41. The van der Waals surface area contributed by atoms with Gasteiger partial charge in [-0.25, -0.2) is 0 Å². The maximum Gasteiger partial charge on any atom is 0.152 e. The van der Waals surface area contributed by atoms with Crippen molar-refractivity contribution in [1.82, 2.24) is 4.57 Å². The third kappa shape index (κ3) is 2.17. The molecule has 4 heteroatoms. The summed E-state index contributed by atoms with van der Waals surface area (Å²) in [6.45, 7) is 1.35.